The first-order valence-corrected chi connectivity index (χ1v) is 7.18. The first-order valence-electron chi connectivity index (χ1n) is 7.18. The van der Waals surface area contributed by atoms with Crippen LogP contribution >= 0.6 is 0 Å². The molecule has 0 aromatic carbocycles. The van der Waals surface area contributed by atoms with Crippen LogP contribution in [0.1, 0.15) is 53.4 Å². The molecular weight excluding hydrogens is 206 g/mol. The second-order valence-corrected chi connectivity index (χ2v) is 6.31. The standard InChI is InChI=1S/C16H27N/c1-11(2)10-15-13-8-6-7-9-14(13)16(15)17(5)12(3)4/h8,11-12,14H,6-7,9-10H2,1-5H3. The van der Waals surface area contributed by atoms with Gasteiger partial charge in [0.15, 0.2) is 0 Å². The van der Waals surface area contributed by atoms with Crippen molar-refractivity contribution in [2.45, 2.75) is 59.4 Å². The third-order valence-corrected chi connectivity index (χ3v) is 4.19. The predicted molar refractivity (Wildman–Crippen MR) is 74.8 cm³/mol. The molecule has 2 aliphatic carbocycles. The summed E-state index contributed by atoms with van der Waals surface area (Å²) >= 11 is 0. The third kappa shape index (κ3) is 2.29. The van der Waals surface area contributed by atoms with Crippen molar-refractivity contribution in [3.63, 3.8) is 0 Å². The average Bonchev–Trinajstić information content (AvgIpc) is 2.26. The lowest BCUT2D eigenvalue weighted by atomic mass is 9.68. The maximum atomic E-state index is 2.50. The summed E-state index contributed by atoms with van der Waals surface area (Å²) < 4.78 is 0. The van der Waals surface area contributed by atoms with Gasteiger partial charge in [-0.15, -0.1) is 0 Å². The molecule has 0 saturated heterocycles. The molecule has 2 aliphatic rings. The number of hydrogen-bond acceptors (Lipinski definition) is 1. The van der Waals surface area contributed by atoms with E-state index >= 15 is 0 Å². The summed E-state index contributed by atoms with van der Waals surface area (Å²) in [5.74, 6) is 1.54. The molecule has 0 aliphatic heterocycles. The third-order valence-electron chi connectivity index (χ3n) is 4.19. The molecule has 1 unspecified atom stereocenters. The van der Waals surface area contributed by atoms with Gasteiger partial charge in [-0.2, -0.15) is 0 Å². The van der Waals surface area contributed by atoms with Gasteiger partial charge in [0.2, 0.25) is 0 Å². The Morgan fingerprint density at radius 2 is 2.00 bits per heavy atom. The zero-order chi connectivity index (χ0) is 12.6. The molecule has 1 heteroatoms. The fourth-order valence-corrected chi connectivity index (χ4v) is 3.14. The van der Waals surface area contributed by atoms with Crippen LogP contribution in [0.25, 0.3) is 0 Å². The molecule has 1 atom stereocenters. The molecule has 17 heavy (non-hydrogen) atoms. The fourth-order valence-electron chi connectivity index (χ4n) is 3.14. The van der Waals surface area contributed by atoms with E-state index in [4.69, 9.17) is 0 Å². The molecule has 0 amide bonds. The van der Waals surface area contributed by atoms with E-state index in [0.29, 0.717) is 6.04 Å². The first kappa shape index (κ1) is 12.7. The van der Waals surface area contributed by atoms with Gasteiger partial charge >= 0.3 is 0 Å². The normalized spacial score (nSPS) is 23.7. The van der Waals surface area contributed by atoms with Gasteiger partial charge in [-0.3, -0.25) is 0 Å². The molecule has 0 bridgehead atoms. The van der Waals surface area contributed by atoms with E-state index in [1.807, 2.05) is 0 Å². The molecule has 0 saturated carbocycles. The van der Waals surface area contributed by atoms with Crippen LogP contribution in [0, 0.1) is 11.8 Å². The van der Waals surface area contributed by atoms with Gasteiger partial charge in [-0.1, -0.05) is 19.9 Å². The summed E-state index contributed by atoms with van der Waals surface area (Å²) in [5.41, 5.74) is 5.01. The van der Waals surface area contributed by atoms with Gasteiger partial charge in [0, 0.05) is 24.7 Å². The quantitative estimate of drug-likeness (QED) is 0.697. The van der Waals surface area contributed by atoms with Crippen LogP contribution in [0.15, 0.2) is 22.9 Å². The van der Waals surface area contributed by atoms with Gasteiger partial charge in [0.25, 0.3) is 0 Å². The molecule has 0 heterocycles. The van der Waals surface area contributed by atoms with Crippen LogP contribution in [0.4, 0.5) is 0 Å². The highest BCUT2D eigenvalue weighted by Gasteiger charge is 2.38. The topological polar surface area (TPSA) is 3.24 Å². The second-order valence-electron chi connectivity index (χ2n) is 6.31. The zero-order valence-corrected chi connectivity index (χ0v) is 12.1. The summed E-state index contributed by atoms with van der Waals surface area (Å²) in [5, 5.41) is 0. The van der Waals surface area contributed by atoms with Crippen molar-refractivity contribution in [2.75, 3.05) is 7.05 Å². The van der Waals surface area contributed by atoms with E-state index in [1.165, 1.54) is 25.7 Å². The zero-order valence-electron chi connectivity index (χ0n) is 12.1. The highest BCUT2D eigenvalue weighted by Crippen LogP contribution is 2.49. The highest BCUT2D eigenvalue weighted by atomic mass is 15.1. The van der Waals surface area contributed by atoms with E-state index < -0.39 is 0 Å². The lowest BCUT2D eigenvalue weighted by Gasteiger charge is -2.46. The van der Waals surface area contributed by atoms with Crippen molar-refractivity contribution in [3.8, 4) is 0 Å². The van der Waals surface area contributed by atoms with E-state index in [0.717, 1.165) is 11.8 Å². The van der Waals surface area contributed by atoms with Crippen molar-refractivity contribution in [3.05, 3.63) is 22.9 Å². The number of hydrogen-bond donors (Lipinski definition) is 0. The van der Waals surface area contributed by atoms with E-state index in [-0.39, 0.29) is 0 Å². The number of rotatable bonds is 4. The summed E-state index contributed by atoms with van der Waals surface area (Å²) in [4.78, 5) is 2.50. The van der Waals surface area contributed by atoms with Gasteiger partial charge < -0.3 is 4.90 Å². The van der Waals surface area contributed by atoms with Crippen LogP contribution < -0.4 is 0 Å². The molecule has 2 rings (SSSR count). The molecule has 1 nitrogen and oxygen atoms in total. The summed E-state index contributed by atoms with van der Waals surface area (Å²) in [7, 11) is 2.27. The van der Waals surface area contributed by atoms with Gasteiger partial charge in [0.1, 0.15) is 0 Å². The summed E-state index contributed by atoms with van der Waals surface area (Å²) in [6.45, 7) is 9.25. The van der Waals surface area contributed by atoms with E-state index in [1.54, 1.807) is 16.8 Å². The average molecular weight is 233 g/mol. The number of fused-ring (bicyclic) bond motifs is 1. The highest BCUT2D eigenvalue weighted by molar-refractivity contribution is 5.52. The lowest BCUT2D eigenvalue weighted by molar-refractivity contribution is 0.277. The van der Waals surface area contributed by atoms with Crippen LogP contribution in [0.3, 0.4) is 0 Å². The molecule has 0 N–H and O–H groups in total. The largest absolute Gasteiger partial charge is 0.375 e. The Balaban J connectivity index is 2.28. The Labute approximate surface area is 107 Å². The van der Waals surface area contributed by atoms with E-state index in [2.05, 4.69) is 45.7 Å². The summed E-state index contributed by atoms with van der Waals surface area (Å²) in [6, 6.07) is 0.621. The predicted octanol–water partition coefficient (Wildman–Crippen LogP) is 4.37. The molecule has 0 spiro atoms. The molecule has 0 radical (unpaired) electrons. The number of nitrogens with zero attached hydrogens (tertiary/aromatic N) is 1. The fraction of sp³-hybridized carbons (Fsp3) is 0.750. The molecule has 96 valence electrons. The Bertz CT molecular complexity index is 347. The van der Waals surface area contributed by atoms with Gasteiger partial charge in [-0.25, -0.2) is 0 Å². The molecule has 0 aromatic heterocycles. The van der Waals surface area contributed by atoms with Gasteiger partial charge in [0.05, 0.1) is 0 Å². The van der Waals surface area contributed by atoms with Gasteiger partial charge in [-0.05, 0) is 56.6 Å². The first-order chi connectivity index (χ1) is 8.02. The Morgan fingerprint density at radius 3 is 2.59 bits per heavy atom. The molecule has 0 fully saturated rings. The maximum absolute atomic E-state index is 2.50. The Morgan fingerprint density at radius 1 is 1.29 bits per heavy atom. The maximum Gasteiger partial charge on any atom is 0.0244 e. The minimum Gasteiger partial charge on any atom is -0.375 e. The molecule has 0 aromatic rings. The monoisotopic (exact) mass is 233 g/mol. The van der Waals surface area contributed by atoms with Crippen LogP contribution in [-0.2, 0) is 0 Å². The van der Waals surface area contributed by atoms with Crippen LogP contribution in [0.2, 0.25) is 0 Å². The minimum atomic E-state index is 0.621. The van der Waals surface area contributed by atoms with Crippen LogP contribution in [-0.4, -0.2) is 18.0 Å². The lowest BCUT2D eigenvalue weighted by Crippen LogP contribution is -2.38. The van der Waals surface area contributed by atoms with Crippen molar-refractivity contribution in [1.29, 1.82) is 0 Å². The van der Waals surface area contributed by atoms with E-state index in [9.17, 15) is 0 Å². The van der Waals surface area contributed by atoms with Crippen molar-refractivity contribution in [1.82, 2.24) is 4.90 Å². The number of allylic oxidation sites excluding steroid dienone is 3. The smallest absolute Gasteiger partial charge is 0.0244 e. The SMILES string of the molecule is CC(C)CC1=C(N(C)C(C)C)C2CCCC=C12. The Kier molecular flexibility index (Phi) is 3.65. The van der Waals surface area contributed by atoms with Crippen molar-refractivity contribution < 1.29 is 0 Å². The minimum absolute atomic E-state index is 0.621. The van der Waals surface area contributed by atoms with Crippen LogP contribution in [0.5, 0.6) is 0 Å². The summed E-state index contributed by atoms with van der Waals surface area (Å²) in [6.07, 6.45) is 7.81. The Hall–Kier alpha value is -0.720. The van der Waals surface area contributed by atoms with Crippen molar-refractivity contribution in [2.24, 2.45) is 11.8 Å². The second kappa shape index (κ2) is 4.88. The van der Waals surface area contributed by atoms with Crippen molar-refractivity contribution >= 4 is 0 Å². The molecular formula is C16H27N.